The minimum absolute atomic E-state index is 0.0718. The number of benzene rings is 3. The van der Waals surface area contributed by atoms with Crippen LogP contribution in [0.4, 0.5) is 5.69 Å². The van der Waals surface area contributed by atoms with E-state index in [1.807, 2.05) is 72.6 Å². The third kappa shape index (κ3) is 5.59. The van der Waals surface area contributed by atoms with E-state index in [0.717, 1.165) is 36.4 Å². The molecule has 0 aromatic heterocycles. The monoisotopic (exact) mass is 442 g/mol. The van der Waals surface area contributed by atoms with Gasteiger partial charge < -0.3 is 15.5 Å². The van der Waals surface area contributed by atoms with Crippen molar-refractivity contribution in [1.82, 2.24) is 9.80 Å². The average Bonchev–Trinajstić information content (AvgIpc) is 2.84. The Kier molecular flexibility index (Phi) is 7.05. The Bertz CT molecular complexity index is 1090. The fraction of sp³-hybridized carbons (Fsp3) is 0.259. The summed E-state index contributed by atoms with van der Waals surface area (Å²) in [7, 11) is 2.04. The zero-order valence-corrected chi connectivity index (χ0v) is 19.0. The number of carbonyl (C=O) groups excluding carboxylic acids is 2. The Morgan fingerprint density at radius 2 is 1.48 bits per heavy atom. The highest BCUT2D eigenvalue weighted by Crippen LogP contribution is 2.23. The van der Waals surface area contributed by atoms with Gasteiger partial charge in [0.05, 0.1) is 0 Å². The maximum atomic E-state index is 12.7. The molecule has 6 heteroatoms. The fourth-order valence-electron chi connectivity index (χ4n) is 4.32. The van der Waals surface area contributed by atoms with Crippen molar-refractivity contribution in [3.05, 3.63) is 101 Å². The standard InChI is InChI=1S/C27H30N4O2/c1-29(19-21-8-4-2-5-9-21)20-23-18-24(12-13-25(23)26(28)32)30-14-16-31(17-15-30)27(33)22-10-6-3-7-11-22/h2-13,18H,14-17,19-20H2,1H3,(H2,28,32). The number of primary amides is 1. The van der Waals surface area contributed by atoms with Crippen molar-refractivity contribution in [3.63, 3.8) is 0 Å². The molecular formula is C27H30N4O2. The Hall–Kier alpha value is -3.64. The highest BCUT2D eigenvalue weighted by molar-refractivity contribution is 5.95. The molecule has 3 aromatic carbocycles. The second kappa shape index (κ2) is 10.3. The van der Waals surface area contributed by atoms with E-state index >= 15 is 0 Å². The molecule has 1 saturated heterocycles. The van der Waals surface area contributed by atoms with Gasteiger partial charge in [-0.05, 0) is 48.5 Å². The van der Waals surface area contributed by atoms with Crippen LogP contribution in [0.15, 0.2) is 78.9 Å². The zero-order chi connectivity index (χ0) is 23.2. The Balaban J connectivity index is 1.44. The van der Waals surface area contributed by atoms with Crippen LogP contribution < -0.4 is 10.6 Å². The number of carbonyl (C=O) groups is 2. The summed E-state index contributed by atoms with van der Waals surface area (Å²) in [6, 6.07) is 25.5. The molecule has 2 amide bonds. The Morgan fingerprint density at radius 3 is 2.12 bits per heavy atom. The fourth-order valence-corrected chi connectivity index (χ4v) is 4.32. The summed E-state index contributed by atoms with van der Waals surface area (Å²) < 4.78 is 0. The highest BCUT2D eigenvalue weighted by atomic mass is 16.2. The van der Waals surface area contributed by atoms with Crippen molar-refractivity contribution in [2.24, 2.45) is 5.73 Å². The molecule has 2 N–H and O–H groups in total. The summed E-state index contributed by atoms with van der Waals surface area (Å²) in [5.74, 6) is -0.342. The van der Waals surface area contributed by atoms with Gasteiger partial charge in [0, 0.05) is 56.1 Å². The number of hydrogen-bond donors (Lipinski definition) is 1. The largest absolute Gasteiger partial charge is 0.368 e. The first-order valence-corrected chi connectivity index (χ1v) is 11.3. The lowest BCUT2D eigenvalue weighted by molar-refractivity contribution is 0.0746. The molecule has 1 aliphatic rings. The Labute approximate surface area is 195 Å². The smallest absolute Gasteiger partial charge is 0.253 e. The molecule has 6 nitrogen and oxygen atoms in total. The van der Waals surface area contributed by atoms with Gasteiger partial charge in [-0.25, -0.2) is 0 Å². The van der Waals surface area contributed by atoms with Crippen LogP contribution in [0.5, 0.6) is 0 Å². The number of hydrogen-bond acceptors (Lipinski definition) is 4. The van der Waals surface area contributed by atoms with Crippen LogP contribution in [0, 0.1) is 0 Å². The third-order valence-electron chi connectivity index (χ3n) is 6.04. The van der Waals surface area contributed by atoms with Gasteiger partial charge in [0.2, 0.25) is 5.91 Å². The van der Waals surface area contributed by atoms with Crippen LogP contribution >= 0.6 is 0 Å². The van der Waals surface area contributed by atoms with Gasteiger partial charge in [0.15, 0.2) is 0 Å². The van der Waals surface area contributed by atoms with Crippen molar-refractivity contribution in [3.8, 4) is 0 Å². The minimum atomic E-state index is -0.414. The number of anilines is 1. The summed E-state index contributed by atoms with van der Waals surface area (Å²) in [6.07, 6.45) is 0. The summed E-state index contributed by atoms with van der Waals surface area (Å²) in [4.78, 5) is 31.1. The molecule has 1 fully saturated rings. The molecule has 1 aliphatic heterocycles. The molecule has 0 unspecified atom stereocenters. The van der Waals surface area contributed by atoms with Gasteiger partial charge in [-0.3, -0.25) is 14.5 Å². The molecule has 3 aromatic rings. The van der Waals surface area contributed by atoms with E-state index in [1.54, 1.807) is 0 Å². The molecule has 0 bridgehead atoms. The summed E-state index contributed by atoms with van der Waals surface area (Å²) in [6.45, 7) is 4.21. The highest BCUT2D eigenvalue weighted by Gasteiger charge is 2.23. The summed E-state index contributed by atoms with van der Waals surface area (Å²) >= 11 is 0. The molecule has 0 radical (unpaired) electrons. The van der Waals surface area contributed by atoms with Gasteiger partial charge in [-0.1, -0.05) is 48.5 Å². The first kappa shape index (κ1) is 22.6. The minimum Gasteiger partial charge on any atom is -0.368 e. The van der Waals surface area contributed by atoms with Crippen LogP contribution in [0.25, 0.3) is 0 Å². The van der Waals surface area contributed by atoms with E-state index in [0.29, 0.717) is 25.2 Å². The molecule has 0 aliphatic carbocycles. The molecule has 170 valence electrons. The zero-order valence-electron chi connectivity index (χ0n) is 19.0. The van der Waals surface area contributed by atoms with Crippen LogP contribution in [-0.4, -0.2) is 54.8 Å². The molecule has 33 heavy (non-hydrogen) atoms. The summed E-state index contributed by atoms with van der Waals surface area (Å²) in [5.41, 5.74) is 10.1. The quantitative estimate of drug-likeness (QED) is 0.609. The second-order valence-electron chi connectivity index (χ2n) is 8.51. The lowest BCUT2D eigenvalue weighted by Crippen LogP contribution is -2.48. The van der Waals surface area contributed by atoms with Crippen molar-refractivity contribution < 1.29 is 9.59 Å². The van der Waals surface area contributed by atoms with Gasteiger partial charge in [0.1, 0.15) is 0 Å². The SMILES string of the molecule is CN(Cc1ccccc1)Cc1cc(N2CCN(C(=O)c3ccccc3)CC2)ccc1C(N)=O. The maximum Gasteiger partial charge on any atom is 0.253 e. The van der Waals surface area contributed by atoms with Gasteiger partial charge in [-0.15, -0.1) is 0 Å². The van der Waals surface area contributed by atoms with E-state index < -0.39 is 5.91 Å². The van der Waals surface area contributed by atoms with Crippen LogP contribution in [-0.2, 0) is 13.1 Å². The van der Waals surface area contributed by atoms with Gasteiger partial charge in [0.25, 0.3) is 5.91 Å². The van der Waals surface area contributed by atoms with E-state index in [4.69, 9.17) is 5.73 Å². The molecule has 0 atom stereocenters. The first-order valence-electron chi connectivity index (χ1n) is 11.3. The maximum absolute atomic E-state index is 12.7. The predicted octanol–water partition coefficient (Wildman–Crippen LogP) is 3.38. The number of rotatable bonds is 7. The number of amides is 2. The summed E-state index contributed by atoms with van der Waals surface area (Å²) in [5, 5.41) is 0. The second-order valence-corrected chi connectivity index (χ2v) is 8.51. The van der Waals surface area contributed by atoms with Crippen molar-refractivity contribution >= 4 is 17.5 Å². The molecule has 0 saturated carbocycles. The first-order chi connectivity index (χ1) is 16.0. The third-order valence-corrected chi connectivity index (χ3v) is 6.04. The van der Waals surface area contributed by atoms with Crippen molar-refractivity contribution in [2.45, 2.75) is 13.1 Å². The average molecular weight is 443 g/mol. The number of nitrogens with zero attached hydrogens (tertiary/aromatic N) is 3. The van der Waals surface area contributed by atoms with E-state index in [9.17, 15) is 9.59 Å². The van der Waals surface area contributed by atoms with E-state index in [1.165, 1.54) is 5.56 Å². The van der Waals surface area contributed by atoms with E-state index in [2.05, 4.69) is 28.0 Å². The van der Waals surface area contributed by atoms with Crippen LogP contribution in [0.3, 0.4) is 0 Å². The van der Waals surface area contributed by atoms with Crippen LogP contribution in [0.2, 0.25) is 0 Å². The molecule has 1 heterocycles. The number of piperazine rings is 1. The predicted molar refractivity (Wildman–Crippen MR) is 131 cm³/mol. The topological polar surface area (TPSA) is 69.9 Å². The van der Waals surface area contributed by atoms with Crippen molar-refractivity contribution in [2.75, 3.05) is 38.1 Å². The lowest BCUT2D eigenvalue weighted by Gasteiger charge is -2.36. The van der Waals surface area contributed by atoms with E-state index in [-0.39, 0.29) is 5.91 Å². The molecule has 0 spiro atoms. The van der Waals surface area contributed by atoms with Gasteiger partial charge >= 0.3 is 0 Å². The number of nitrogens with two attached hydrogens (primary N) is 1. The van der Waals surface area contributed by atoms with Crippen LogP contribution in [0.1, 0.15) is 31.8 Å². The Morgan fingerprint density at radius 1 is 0.848 bits per heavy atom. The molecular weight excluding hydrogens is 412 g/mol. The lowest BCUT2D eigenvalue weighted by atomic mass is 10.0. The van der Waals surface area contributed by atoms with Crippen molar-refractivity contribution in [1.29, 1.82) is 0 Å². The molecule has 4 rings (SSSR count). The normalized spacial score (nSPS) is 13.9. The van der Waals surface area contributed by atoms with Gasteiger partial charge in [-0.2, -0.15) is 0 Å².